The molecule has 0 aromatic heterocycles. The largest absolute Gasteiger partial charge is 0.416 e. The Bertz CT molecular complexity index is 1310. The van der Waals surface area contributed by atoms with Crippen molar-refractivity contribution in [3.63, 3.8) is 0 Å². The third-order valence-corrected chi connectivity index (χ3v) is 6.29. The molecule has 4 N–H and O–H groups in total. The third kappa shape index (κ3) is 7.73. The van der Waals surface area contributed by atoms with Crippen LogP contribution in [0, 0.1) is 6.92 Å². The van der Waals surface area contributed by atoms with Gasteiger partial charge in [0.05, 0.1) is 10.5 Å². The summed E-state index contributed by atoms with van der Waals surface area (Å²) in [4.78, 5) is 24.0. The molecule has 36 heavy (non-hydrogen) atoms. The number of rotatable bonds is 7. The second-order valence-corrected chi connectivity index (χ2v) is 9.46. The average molecular weight is 521 g/mol. The Morgan fingerprint density at radius 1 is 0.778 bits per heavy atom. The molecule has 0 aliphatic rings. The highest BCUT2D eigenvalue weighted by Crippen LogP contribution is 2.29. The molecule has 0 heterocycles. The molecule has 3 aromatic rings. The molecular formula is C24H23F3N4O4S. The Labute approximate surface area is 206 Å². The normalized spacial score (nSPS) is 11.4. The lowest BCUT2D eigenvalue weighted by Gasteiger charge is -2.11. The van der Waals surface area contributed by atoms with Crippen LogP contribution < -0.4 is 20.7 Å². The molecule has 0 unspecified atom stereocenters. The van der Waals surface area contributed by atoms with E-state index in [0.29, 0.717) is 12.1 Å². The minimum Gasteiger partial charge on any atom is -0.337 e. The zero-order valence-corrected chi connectivity index (χ0v) is 19.8. The number of amides is 4. The fourth-order valence-electron chi connectivity index (χ4n) is 3.05. The van der Waals surface area contributed by atoms with Gasteiger partial charge in [0, 0.05) is 17.9 Å². The first-order valence-corrected chi connectivity index (χ1v) is 12.1. The minimum absolute atomic E-state index is 0.0197. The van der Waals surface area contributed by atoms with Crippen LogP contribution in [0.25, 0.3) is 0 Å². The topological polar surface area (TPSA) is 116 Å². The number of alkyl halides is 3. The molecule has 0 saturated carbocycles. The van der Waals surface area contributed by atoms with E-state index in [0.717, 1.165) is 35.4 Å². The van der Waals surface area contributed by atoms with Crippen LogP contribution in [0.4, 0.5) is 34.1 Å². The summed E-state index contributed by atoms with van der Waals surface area (Å²) in [6.45, 7) is 1.98. The van der Waals surface area contributed by atoms with Crippen molar-refractivity contribution in [2.75, 3.05) is 17.2 Å². The molecule has 0 saturated heterocycles. The number of benzene rings is 3. The van der Waals surface area contributed by atoms with Gasteiger partial charge in [0.25, 0.3) is 10.0 Å². The van der Waals surface area contributed by atoms with Crippen LogP contribution in [0.2, 0.25) is 0 Å². The number of hydrogen-bond donors (Lipinski definition) is 4. The van der Waals surface area contributed by atoms with Crippen LogP contribution in [-0.4, -0.2) is 27.0 Å². The molecule has 3 rings (SSSR count). The Morgan fingerprint density at radius 3 is 1.83 bits per heavy atom. The zero-order valence-electron chi connectivity index (χ0n) is 19.0. The molecule has 190 valence electrons. The maximum absolute atomic E-state index is 12.6. The molecular weight excluding hydrogens is 497 g/mol. The lowest BCUT2D eigenvalue weighted by atomic mass is 10.1. The van der Waals surface area contributed by atoms with Crippen molar-refractivity contribution in [3.05, 3.63) is 89.5 Å². The van der Waals surface area contributed by atoms with E-state index in [1.807, 2.05) is 11.6 Å². The highest BCUT2D eigenvalue weighted by Gasteiger charge is 2.30. The molecule has 0 aliphatic carbocycles. The van der Waals surface area contributed by atoms with Gasteiger partial charge < -0.3 is 16.0 Å². The summed E-state index contributed by atoms with van der Waals surface area (Å²) in [5.41, 5.74) is 1.53. The van der Waals surface area contributed by atoms with E-state index >= 15 is 0 Å². The zero-order chi connectivity index (χ0) is 26.3. The Hall–Kier alpha value is -4.06. The number of hydrogen-bond acceptors (Lipinski definition) is 4. The van der Waals surface area contributed by atoms with Crippen molar-refractivity contribution < 1.29 is 31.2 Å². The second kappa shape index (κ2) is 11.1. The smallest absolute Gasteiger partial charge is 0.337 e. The van der Waals surface area contributed by atoms with Crippen LogP contribution >= 0.6 is 0 Å². The minimum atomic E-state index is -4.46. The number of carbonyl (C=O) groups is 2. The SMILES string of the molecule is Cc1ccc(S(=O)(=O)NC(=O)NCCc2ccc(NC(=O)Nc3ccc(C(F)(F)F)cc3)cc2)cc1. The molecule has 0 radical (unpaired) electrons. The molecule has 0 aliphatic heterocycles. The predicted octanol–water partition coefficient (Wildman–Crippen LogP) is 4.89. The highest BCUT2D eigenvalue weighted by atomic mass is 32.2. The maximum Gasteiger partial charge on any atom is 0.416 e. The summed E-state index contributed by atoms with van der Waals surface area (Å²) >= 11 is 0. The van der Waals surface area contributed by atoms with Gasteiger partial charge in [-0.2, -0.15) is 13.2 Å². The monoisotopic (exact) mass is 520 g/mol. The Morgan fingerprint density at radius 2 is 1.31 bits per heavy atom. The quantitative estimate of drug-likeness (QED) is 0.355. The third-order valence-electron chi connectivity index (χ3n) is 4.94. The fourth-order valence-corrected chi connectivity index (χ4v) is 3.97. The van der Waals surface area contributed by atoms with E-state index in [9.17, 15) is 31.2 Å². The Kier molecular flexibility index (Phi) is 8.20. The van der Waals surface area contributed by atoms with Crippen LogP contribution in [0.15, 0.2) is 77.7 Å². The number of urea groups is 2. The molecule has 0 bridgehead atoms. The first-order valence-electron chi connectivity index (χ1n) is 10.6. The van der Waals surface area contributed by atoms with Gasteiger partial charge in [-0.05, 0) is 67.4 Å². The number of halogens is 3. The molecule has 8 nitrogen and oxygen atoms in total. The van der Waals surface area contributed by atoms with E-state index in [1.165, 1.54) is 12.1 Å². The molecule has 12 heteroatoms. The fraction of sp³-hybridized carbons (Fsp3) is 0.167. The first kappa shape index (κ1) is 26.5. The summed E-state index contributed by atoms with van der Waals surface area (Å²) in [6, 6.07) is 15.3. The van der Waals surface area contributed by atoms with E-state index in [4.69, 9.17) is 0 Å². The lowest BCUT2D eigenvalue weighted by molar-refractivity contribution is -0.137. The molecule has 0 fully saturated rings. The Balaban J connectivity index is 1.43. The van der Waals surface area contributed by atoms with Crippen LogP contribution in [0.5, 0.6) is 0 Å². The van der Waals surface area contributed by atoms with Crippen molar-refractivity contribution >= 4 is 33.5 Å². The maximum atomic E-state index is 12.6. The standard InChI is InChI=1S/C24H23F3N4O4S/c1-16-2-12-21(13-3-16)36(34,35)31-22(32)28-15-14-17-4-8-19(9-5-17)29-23(33)30-20-10-6-18(7-11-20)24(25,26)27/h2-13H,14-15H2,1H3,(H2,28,31,32)(H2,29,30,33). The van der Waals surface area contributed by atoms with Gasteiger partial charge in [0.1, 0.15) is 0 Å². The van der Waals surface area contributed by atoms with Crippen molar-refractivity contribution in [3.8, 4) is 0 Å². The summed E-state index contributed by atoms with van der Waals surface area (Å²) < 4.78 is 64.2. The number of anilines is 2. The summed E-state index contributed by atoms with van der Waals surface area (Å²) in [7, 11) is -3.98. The van der Waals surface area contributed by atoms with E-state index in [-0.39, 0.29) is 17.1 Å². The van der Waals surface area contributed by atoms with Crippen LogP contribution in [0.3, 0.4) is 0 Å². The van der Waals surface area contributed by atoms with Gasteiger partial charge >= 0.3 is 18.2 Å². The van der Waals surface area contributed by atoms with Gasteiger partial charge in [-0.25, -0.2) is 22.7 Å². The number of nitrogens with one attached hydrogen (secondary N) is 4. The van der Waals surface area contributed by atoms with E-state index in [1.54, 1.807) is 36.4 Å². The number of carbonyl (C=O) groups excluding carboxylic acids is 2. The van der Waals surface area contributed by atoms with Gasteiger partial charge in [0.2, 0.25) is 0 Å². The highest BCUT2D eigenvalue weighted by molar-refractivity contribution is 7.90. The number of sulfonamides is 1. The van der Waals surface area contributed by atoms with Gasteiger partial charge in [-0.3, -0.25) is 0 Å². The first-order chi connectivity index (χ1) is 16.9. The van der Waals surface area contributed by atoms with E-state index in [2.05, 4.69) is 16.0 Å². The summed E-state index contributed by atoms with van der Waals surface area (Å²) in [5, 5.41) is 7.48. The van der Waals surface area contributed by atoms with Crippen LogP contribution in [-0.2, 0) is 22.6 Å². The van der Waals surface area contributed by atoms with E-state index < -0.39 is 33.8 Å². The molecule has 3 aromatic carbocycles. The molecule has 4 amide bonds. The van der Waals surface area contributed by atoms with Crippen molar-refractivity contribution in [1.82, 2.24) is 10.0 Å². The predicted molar refractivity (Wildman–Crippen MR) is 129 cm³/mol. The van der Waals surface area contributed by atoms with Crippen molar-refractivity contribution in [2.24, 2.45) is 0 Å². The lowest BCUT2D eigenvalue weighted by Crippen LogP contribution is -2.40. The molecule has 0 atom stereocenters. The van der Waals surface area contributed by atoms with Crippen LogP contribution in [0.1, 0.15) is 16.7 Å². The van der Waals surface area contributed by atoms with Gasteiger partial charge in [0.15, 0.2) is 0 Å². The van der Waals surface area contributed by atoms with Crippen molar-refractivity contribution in [2.45, 2.75) is 24.4 Å². The summed E-state index contributed by atoms with van der Waals surface area (Å²) in [5.74, 6) is 0. The second-order valence-electron chi connectivity index (χ2n) is 7.78. The van der Waals surface area contributed by atoms with Crippen molar-refractivity contribution in [1.29, 1.82) is 0 Å². The van der Waals surface area contributed by atoms with Gasteiger partial charge in [-0.15, -0.1) is 0 Å². The number of aryl methyl sites for hydroxylation is 1. The summed E-state index contributed by atoms with van der Waals surface area (Å²) in [6.07, 6.45) is -4.06. The van der Waals surface area contributed by atoms with Gasteiger partial charge in [-0.1, -0.05) is 29.8 Å². The average Bonchev–Trinajstić information content (AvgIpc) is 2.80. The molecule has 0 spiro atoms.